The minimum atomic E-state index is -0.286. The van der Waals surface area contributed by atoms with Crippen molar-refractivity contribution < 1.29 is 19.4 Å². The molecule has 1 N–H and O–H groups in total. The van der Waals surface area contributed by atoms with Gasteiger partial charge in [0.05, 0.1) is 11.7 Å². The zero-order chi connectivity index (χ0) is 29.7. The second kappa shape index (κ2) is 11.6. The molecule has 0 saturated heterocycles. The van der Waals surface area contributed by atoms with Crippen LogP contribution in [0.4, 0.5) is 0 Å². The molecule has 4 heteroatoms. The largest absolute Gasteiger partial charge is 0.458 e. The summed E-state index contributed by atoms with van der Waals surface area (Å²) in [4.78, 5) is 26.9. The van der Waals surface area contributed by atoms with Gasteiger partial charge in [0.2, 0.25) is 0 Å². The first-order valence-corrected chi connectivity index (χ1v) is 16.6. The van der Waals surface area contributed by atoms with Crippen LogP contribution in [0, 0.1) is 58.2 Å². The number of carbonyl (C=O) groups excluding carboxylic acids is 2. The molecule has 0 spiro atoms. The molecule has 3 saturated carbocycles. The average Bonchev–Trinajstić information content (AvgIpc) is 3.30. The zero-order valence-corrected chi connectivity index (χ0v) is 26.6. The summed E-state index contributed by atoms with van der Waals surface area (Å²) in [6.45, 7) is 16.1. The van der Waals surface area contributed by atoms with Crippen LogP contribution in [0.5, 0.6) is 0 Å². The number of rotatable bonds is 8. The van der Waals surface area contributed by atoms with Crippen LogP contribution in [-0.2, 0) is 9.53 Å². The summed E-state index contributed by atoms with van der Waals surface area (Å²) in [7, 11) is 0. The van der Waals surface area contributed by atoms with Gasteiger partial charge < -0.3 is 9.84 Å². The van der Waals surface area contributed by atoms with E-state index >= 15 is 0 Å². The third kappa shape index (κ3) is 5.25. The van der Waals surface area contributed by atoms with Crippen LogP contribution in [0.25, 0.3) is 0 Å². The lowest BCUT2D eigenvalue weighted by molar-refractivity contribution is -0.140. The molecule has 41 heavy (non-hydrogen) atoms. The summed E-state index contributed by atoms with van der Waals surface area (Å²) in [5.41, 5.74) is 2.03. The normalized spacial score (nSPS) is 38.8. The van der Waals surface area contributed by atoms with Gasteiger partial charge in [0.25, 0.3) is 0 Å². The Kier molecular flexibility index (Phi) is 8.65. The molecule has 0 radical (unpaired) electrons. The van der Waals surface area contributed by atoms with E-state index < -0.39 is 0 Å². The Morgan fingerprint density at radius 1 is 1.00 bits per heavy atom. The Balaban J connectivity index is 1.34. The molecule has 11 atom stereocenters. The van der Waals surface area contributed by atoms with E-state index in [0.717, 1.165) is 44.9 Å². The third-order valence-corrected chi connectivity index (χ3v) is 12.9. The topological polar surface area (TPSA) is 63.6 Å². The van der Waals surface area contributed by atoms with Crippen molar-refractivity contribution in [1.82, 2.24) is 0 Å². The SMILES string of the molecule is CC[C@@H](C[C@H](O)[C@@H](C)[C@H]1CC[C@H]2C3=CC(=O)[C@H]4[C@H](C)[C@@H](OC(=O)c5ccccc5)CC[C@]4(C)[C@H]3CC[C@]12C)C(C)C. The monoisotopic (exact) mass is 562 g/mol. The van der Waals surface area contributed by atoms with Gasteiger partial charge >= 0.3 is 5.97 Å². The molecule has 4 aliphatic rings. The summed E-state index contributed by atoms with van der Waals surface area (Å²) in [5, 5.41) is 11.4. The van der Waals surface area contributed by atoms with E-state index in [-0.39, 0.29) is 52.5 Å². The molecule has 1 aromatic rings. The van der Waals surface area contributed by atoms with Crippen molar-refractivity contribution in [2.75, 3.05) is 0 Å². The molecular formula is C37H54O4. The maximum absolute atomic E-state index is 14.0. The van der Waals surface area contributed by atoms with E-state index in [1.807, 2.05) is 24.3 Å². The number of aliphatic hydroxyl groups is 1. The number of fused-ring (bicyclic) bond motifs is 5. The van der Waals surface area contributed by atoms with E-state index in [1.54, 1.807) is 12.1 Å². The van der Waals surface area contributed by atoms with Crippen LogP contribution in [0.15, 0.2) is 42.0 Å². The lowest BCUT2D eigenvalue weighted by Gasteiger charge is -2.58. The maximum Gasteiger partial charge on any atom is 0.338 e. The highest BCUT2D eigenvalue weighted by atomic mass is 16.5. The first kappa shape index (κ1) is 30.5. The average molecular weight is 563 g/mol. The molecule has 0 unspecified atom stereocenters. The van der Waals surface area contributed by atoms with Crippen LogP contribution in [0.3, 0.4) is 0 Å². The predicted octanol–water partition coefficient (Wildman–Crippen LogP) is 8.29. The van der Waals surface area contributed by atoms with E-state index in [4.69, 9.17) is 4.74 Å². The van der Waals surface area contributed by atoms with Gasteiger partial charge in [0.15, 0.2) is 5.78 Å². The highest BCUT2D eigenvalue weighted by Gasteiger charge is 2.61. The van der Waals surface area contributed by atoms with Gasteiger partial charge in [-0.05, 0) is 109 Å². The molecule has 0 aromatic heterocycles. The molecule has 4 aliphatic carbocycles. The minimum Gasteiger partial charge on any atom is -0.458 e. The van der Waals surface area contributed by atoms with Crippen LogP contribution in [0.2, 0.25) is 0 Å². The smallest absolute Gasteiger partial charge is 0.338 e. The van der Waals surface area contributed by atoms with Crippen molar-refractivity contribution in [2.45, 2.75) is 112 Å². The number of hydrogen-bond donors (Lipinski definition) is 1. The third-order valence-electron chi connectivity index (χ3n) is 12.9. The molecule has 5 rings (SSSR count). The first-order valence-electron chi connectivity index (χ1n) is 16.6. The van der Waals surface area contributed by atoms with Gasteiger partial charge in [-0.2, -0.15) is 0 Å². The molecular weight excluding hydrogens is 508 g/mol. The van der Waals surface area contributed by atoms with E-state index in [2.05, 4.69) is 48.5 Å². The van der Waals surface area contributed by atoms with Gasteiger partial charge in [-0.15, -0.1) is 0 Å². The summed E-state index contributed by atoms with van der Waals surface area (Å²) in [6.07, 6.45) is 9.84. The van der Waals surface area contributed by atoms with Crippen molar-refractivity contribution in [3.05, 3.63) is 47.5 Å². The van der Waals surface area contributed by atoms with Crippen molar-refractivity contribution in [2.24, 2.45) is 58.2 Å². The molecule has 0 bridgehead atoms. The van der Waals surface area contributed by atoms with Crippen LogP contribution in [0.1, 0.15) is 110 Å². The fourth-order valence-electron chi connectivity index (χ4n) is 10.4. The summed E-state index contributed by atoms with van der Waals surface area (Å²) >= 11 is 0. The molecule has 4 nitrogen and oxygen atoms in total. The number of aliphatic hydroxyl groups excluding tert-OH is 1. The molecule has 0 aliphatic heterocycles. The number of carbonyl (C=O) groups is 2. The van der Waals surface area contributed by atoms with E-state index in [9.17, 15) is 14.7 Å². The highest BCUT2D eigenvalue weighted by molar-refractivity contribution is 5.95. The van der Waals surface area contributed by atoms with Crippen LogP contribution < -0.4 is 0 Å². The molecule has 0 amide bonds. The quantitative estimate of drug-likeness (QED) is 0.324. The summed E-state index contributed by atoms with van der Waals surface area (Å²) in [5.74, 6) is 2.61. The maximum atomic E-state index is 14.0. The number of ether oxygens (including phenoxy) is 1. The van der Waals surface area contributed by atoms with Gasteiger partial charge in [0.1, 0.15) is 6.10 Å². The Morgan fingerprint density at radius 3 is 2.32 bits per heavy atom. The standard InChI is InChI=1S/C37H54O4/c1-8-25(22(2)3)20-31(38)23(4)28-14-15-29-27-21-32(39)34-24(5)33(41-35(40)26-12-10-9-11-13-26)17-19-37(34,7)30(27)16-18-36(28,29)6/h9-13,21-25,28-31,33-34,38H,8,14-20H2,1-7H3/t23-,24+,25-,28+,29-,30-,31-,33-,34+,36+,37+/m0/s1. The predicted molar refractivity (Wildman–Crippen MR) is 164 cm³/mol. The van der Waals surface area contributed by atoms with E-state index in [1.165, 1.54) is 12.0 Å². The lowest BCUT2D eigenvalue weighted by atomic mass is 9.46. The zero-order valence-electron chi connectivity index (χ0n) is 26.6. The number of esters is 1. The first-order chi connectivity index (χ1) is 19.4. The van der Waals surface area contributed by atoms with Gasteiger partial charge in [-0.3, -0.25) is 4.79 Å². The second-order valence-corrected chi connectivity index (χ2v) is 15.1. The fourth-order valence-corrected chi connectivity index (χ4v) is 10.4. The lowest BCUT2D eigenvalue weighted by Crippen LogP contribution is -2.56. The molecule has 3 fully saturated rings. The Labute approximate surface area is 248 Å². The van der Waals surface area contributed by atoms with Gasteiger partial charge in [-0.1, -0.05) is 78.7 Å². The summed E-state index contributed by atoms with van der Waals surface area (Å²) < 4.78 is 6.03. The second-order valence-electron chi connectivity index (χ2n) is 15.1. The number of hydrogen-bond acceptors (Lipinski definition) is 4. The highest BCUT2D eigenvalue weighted by Crippen LogP contribution is 2.67. The summed E-state index contributed by atoms with van der Waals surface area (Å²) in [6, 6.07) is 9.19. The number of benzene rings is 1. The molecule has 0 heterocycles. The van der Waals surface area contributed by atoms with Crippen molar-refractivity contribution in [1.29, 1.82) is 0 Å². The van der Waals surface area contributed by atoms with Crippen molar-refractivity contribution in [3.63, 3.8) is 0 Å². The van der Waals surface area contributed by atoms with Crippen molar-refractivity contribution in [3.8, 4) is 0 Å². The molecule has 226 valence electrons. The van der Waals surface area contributed by atoms with Gasteiger partial charge in [-0.25, -0.2) is 4.79 Å². The molecule has 1 aromatic carbocycles. The van der Waals surface area contributed by atoms with E-state index in [0.29, 0.717) is 35.2 Å². The van der Waals surface area contributed by atoms with Crippen LogP contribution >= 0.6 is 0 Å². The Bertz CT molecular complexity index is 1140. The van der Waals surface area contributed by atoms with Crippen LogP contribution in [-0.4, -0.2) is 29.1 Å². The Morgan fingerprint density at radius 2 is 1.66 bits per heavy atom. The fraction of sp³-hybridized carbons (Fsp3) is 0.730. The number of ketones is 1. The minimum absolute atomic E-state index is 0.000938. The Hall–Kier alpha value is -1.94. The number of allylic oxidation sites excluding steroid dienone is 2. The van der Waals surface area contributed by atoms with Crippen molar-refractivity contribution >= 4 is 11.8 Å². The van der Waals surface area contributed by atoms with Gasteiger partial charge in [0, 0.05) is 11.8 Å².